The van der Waals surface area contributed by atoms with Crippen molar-refractivity contribution < 1.29 is 9.18 Å². The SMILES string of the molecule is CN(CCc1ccccc1F)CC1CCC(=O)CC1. The van der Waals surface area contributed by atoms with E-state index in [9.17, 15) is 9.18 Å². The van der Waals surface area contributed by atoms with Crippen LogP contribution in [0, 0.1) is 11.7 Å². The summed E-state index contributed by atoms with van der Waals surface area (Å²) in [5.41, 5.74) is 0.785. The zero-order chi connectivity index (χ0) is 13.7. The van der Waals surface area contributed by atoms with E-state index in [4.69, 9.17) is 0 Å². The number of ketones is 1. The lowest BCUT2D eigenvalue weighted by molar-refractivity contribution is -0.121. The average molecular weight is 263 g/mol. The smallest absolute Gasteiger partial charge is 0.132 e. The molecule has 1 saturated carbocycles. The lowest BCUT2D eigenvalue weighted by atomic mass is 9.88. The maximum atomic E-state index is 13.5. The van der Waals surface area contributed by atoms with E-state index in [0.29, 0.717) is 11.7 Å². The van der Waals surface area contributed by atoms with E-state index >= 15 is 0 Å². The monoisotopic (exact) mass is 263 g/mol. The molecule has 0 radical (unpaired) electrons. The summed E-state index contributed by atoms with van der Waals surface area (Å²) in [5, 5.41) is 0. The number of carbonyl (C=O) groups is 1. The van der Waals surface area contributed by atoms with E-state index < -0.39 is 0 Å². The molecule has 0 unspecified atom stereocenters. The zero-order valence-corrected chi connectivity index (χ0v) is 11.6. The van der Waals surface area contributed by atoms with Gasteiger partial charge in [-0.3, -0.25) is 4.79 Å². The molecule has 2 rings (SSSR count). The van der Waals surface area contributed by atoms with Crippen LogP contribution in [-0.4, -0.2) is 30.8 Å². The molecule has 1 aromatic carbocycles. The van der Waals surface area contributed by atoms with Gasteiger partial charge in [0.15, 0.2) is 0 Å². The fourth-order valence-corrected chi connectivity index (χ4v) is 2.73. The second-order valence-electron chi connectivity index (χ2n) is 5.59. The highest BCUT2D eigenvalue weighted by molar-refractivity contribution is 5.79. The Bertz CT molecular complexity index is 423. The largest absolute Gasteiger partial charge is 0.306 e. The van der Waals surface area contributed by atoms with E-state index in [0.717, 1.165) is 50.8 Å². The zero-order valence-electron chi connectivity index (χ0n) is 11.6. The van der Waals surface area contributed by atoms with Gasteiger partial charge in [0, 0.05) is 25.9 Å². The highest BCUT2D eigenvalue weighted by atomic mass is 19.1. The van der Waals surface area contributed by atoms with Crippen molar-refractivity contribution in [3.05, 3.63) is 35.6 Å². The molecule has 0 saturated heterocycles. The Morgan fingerprint density at radius 2 is 1.95 bits per heavy atom. The van der Waals surface area contributed by atoms with E-state index in [-0.39, 0.29) is 5.82 Å². The molecule has 104 valence electrons. The molecular formula is C16H22FNO. The minimum Gasteiger partial charge on any atom is -0.306 e. The van der Waals surface area contributed by atoms with Crippen LogP contribution in [0.2, 0.25) is 0 Å². The molecule has 0 spiro atoms. The van der Waals surface area contributed by atoms with Crippen LogP contribution in [0.1, 0.15) is 31.2 Å². The summed E-state index contributed by atoms with van der Waals surface area (Å²) in [6, 6.07) is 6.97. The molecule has 19 heavy (non-hydrogen) atoms. The van der Waals surface area contributed by atoms with Crippen molar-refractivity contribution >= 4 is 5.78 Å². The van der Waals surface area contributed by atoms with Gasteiger partial charge in [-0.2, -0.15) is 0 Å². The molecule has 1 aliphatic carbocycles. The number of hydrogen-bond acceptors (Lipinski definition) is 2. The van der Waals surface area contributed by atoms with Gasteiger partial charge in [-0.25, -0.2) is 4.39 Å². The molecule has 0 aliphatic heterocycles. The van der Waals surface area contributed by atoms with Gasteiger partial charge in [-0.05, 0) is 43.9 Å². The minimum absolute atomic E-state index is 0.112. The molecule has 0 heterocycles. The molecule has 0 atom stereocenters. The van der Waals surface area contributed by atoms with Crippen molar-refractivity contribution in [1.82, 2.24) is 4.90 Å². The molecule has 2 nitrogen and oxygen atoms in total. The van der Waals surface area contributed by atoms with Gasteiger partial charge in [0.1, 0.15) is 11.6 Å². The van der Waals surface area contributed by atoms with Crippen LogP contribution >= 0.6 is 0 Å². The molecule has 0 aromatic heterocycles. The number of halogens is 1. The first kappa shape index (κ1) is 14.2. The van der Waals surface area contributed by atoms with Crippen molar-refractivity contribution in [3.8, 4) is 0 Å². The van der Waals surface area contributed by atoms with Crippen LogP contribution in [0.4, 0.5) is 4.39 Å². The Balaban J connectivity index is 1.74. The van der Waals surface area contributed by atoms with Gasteiger partial charge < -0.3 is 4.90 Å². The Hall–Kier alpha value is -1.22. The third-order valence-corrected chi connectivity index (χ3v) is 3.95. The highest BCUT2D eigenvalue weighted by Crippen LogP contribution is 2.22. The Morgan fingerprint density at radius 1 is 1.26 bits per heavy atom. The fourth-order valence-electron chi connectivity index (χ4n) is 2.73. The number of likely N-dealkylation sites (N-methyl/N-ethyl adjacent to an activating group) is 1. The molecule has 1 fully saturated rings. The van der Waals surface area contributed by atoms with Crippen molar-refractivity contribution in [1.29, 1.82) is 0 Å². The summed E-state index contributed by atoms with van der Waals surface area (Å²) in [6.07, 6.45) is 4.26. The van der Waals surface area contributed by atoms with E-state index in [1.165, 1.54) is 6.07 Å². The molecule has 0 bridgehead atoms. The average Bonchev–Trinajstić information content (AvgIpc) is 2.40. The molecule has 0 N–H and O–H groups in total. The molecule has 3 heteroatoms. The minimum atomic E-state index is -0.112. The normalized spacial score (nSPS) is 17.1. The molecular weight excluding hydrogens is 241 g/mol. The predicted octanol–water partition coefficient (Wildman–Crippen LogP) is 3.06. The third-order valence-electron chi connectivity index (χ3n) is 3.95. The highest BCUT2D eigenvalue weighted by Gasteiger charge is 2.19. The Labute approximate surface area is 114 Å². The topological polar surface area (TPSA) is 20.3 Å². The summed E-state index contributed by atoms with van der Waals surface area (Å²) >= 11 is 0. The molecule has 1 aromatic rings. The van der Waals surface area contributed by atoms with Gasteiger partial charge in [0.05, 0.1) is 0 Å². The van der Waals surface area contributed by atoms with Crippen molar-refractivity contribution in [2.75, 3.05) is 20.1 Å². The van der Waals surface area contributed by atoms with Crippen LogP contribution in [0.5, 0.6) is 0 Å². The number of carbonyl (C=O) groups excluding carboxylic acids is 1. The standard InChI is InChI=1S/C16H22FNO/c1-18(12-13-6-8-15(19)9-7-13)11-10-14-4-2-3-5-16(14)17/h2-5,13H,6-12H2,1H3. The summed E-state index contributed by atoms with van der Waals surface area (Å²) in [5.74, 6) is 0.924. The molecule has 1 aliphatic rings. The summed E-state index contributed by atoms with van der Waals surface area (Å²) < 4.78 is 13.5. The number of Topliss-reactive ketones (excluding diaryl/α,β-unsaturated/α-hetero) is 1. The lowest BCUT2D eigenvalue weighted by Crippen LogP contribution is -2.30. The number of hydrogen-bond donors (Lipinski definition) is 0. The predicted molar refractivity (Wildman–Crippen MR) is 74.6 cm³/mol. The number of benzene rings is 1. The van der Waals surface area contributed by atoms with Crippen LogP contribution in [-0.2, 0) is 11.2 Å². The Morgan fingerprint density at radius 3 is 2.63 bits per heavy atom. The summed E-state index contributed by atoms with van der Waals surface area (Å²) in [7, 11) is 2.08. The van der Waals surface area contributed by atoms with Crippen molar-refractivity contribution in [2.24, 2.45) is 5.92 Å². The number of rotatable bonds is 5. The van der Waals surface area contributed by atoms with Gasteiger partial charge in [-0.1, -0.05) is 18.2 Å². The van der Waals surface area contributed by atoms with Gasteiger partial charge in [-0.15, -0.1) is 0 Å². The van der Waals surface area contributed by atoms with Gasteiger partial charge in [0.2, 0.25) is 0 Å². The van der Waals surface area contributed by atoms with E-state index in [1.54, 1.807) is 6.07 Å². The first-order chi connectivity index (χ1) is 9.15. The van der Waals surface area contributed by atoms with E-state index in [2.05, 4.69) is 11.9 Å². The first-order valence-corrected chi connectivity index (χ1v) is 7.09. The van der Waals surface area contributed by atoms with Crippen molar-refractivity contribution in [2.45, 2.75) is 32.1 Å². The first-order valence-electron chi connectivity index (χ1n) is 7.09. The van der Waals surface area contributed by atoms with Crippen LogP contribution in [0.25, 0.3) is 0 Å². The maximum Gasteiger partial charge on any atom is 0.132 e. The maximum absolute atomic E-state index is 13.5. The summed E-state index contributed by atoms with van der Waals surface area (Å²) in [6.45, 7) is 1.88. The Kier molecular flexibility index (Phi) is 5.08. The van der Waals surface area contributed by atoms with Crippen LogP contribution in [0.3, 0.4) is 0 Å². The van der Waals surface area contributed by atoms with Crippen LogP contribution < -0.4 is 0 Å². The molecule has 0 amide bonds. The number of nitrogens with zero attached hydrogens (tertiary/aromatic N) is 1. The second kappa shape index (κ2) is 6.80. The fraction of sp³-hybridized carbons (Fsp3) is 0.562. The van der Waals surface area contributed by atoms with E-state index in [1.807, 2.05) is 12.1 Å². The second-order valence-corrected chi connectivity index (χ2v) is 5.59. The lowest BCUT2D eigenvalue weighted by Gasteiger charge is -2.26. The van der Waals surface area contributed by atoms with Crippen molar-refractivity contribution in [3.63, 3.8) is 0 Å². The van der Waals surface area contributed by atoms with Crippen LogP contribution in [0.15, 0.2) is 24.3 Å². The van der Waals surface area contributed by atoms with Gasteiger partial charge >= 0.3 is 0 Å². The third kappa shape index (κ3) is 4.43. The quantitative estimate of drug-likeness (QED) is 0.813. The van der Waals surface area contributed by atoms with Gasteiger partial charge in [0.25, 0.3) is 0 Å². The summed E-state index contributed by atoms with van der Waals surface area (Å²) in [4.78, 5) is 13.4.